The van der Waals surface area contributed by atoms with Gasteiger partial charge in [0.25, 0.3) is 0 Å². The maximum absolute atomic E-state index is 8.64. The lowest BCUT2D eigenvalue weighted by molar-refractivity contribution is 1.26. The maximum atomic E-state index is 8.64. The summed E-state index contributed by atoms with van der Waals surface area (Å²) in [7, 11) is 0. The lowest BCUT2D eigenvalue weighted by Crippen LogP contribution is -1.93. The molecule has 0 aliphatic heterocycles. The molecule has 1 aromatic heterocycles. The molecule has 1 N–H and O–H groups in total. The Morgan fingerprint density at radius 2 is 1.78 bits per heavy atom. The second-order valence-electron chi connectivity index (χ2n) is 3.42. The molecule has 2 aromatic rings. The number of anilines is 2. The second-order valence-corrected chi connectivity index (χ2v) is 4.64. The Balaban J connectivity index is 2.28. The van der Waals surface area contributed by atoms with Gasteiger partial charge in [-0.3, -0.25) is 0 Å². The van der Waals surface area contributed by atoms with Crippen LogP contribution in [0.4, 0.5) is 11.4 Å². The van der Waals surface area contributed by atoms with E-state index in [1.54, 1.807) is 24.3 Å². The number of rotatable bonds is 2. The number of nitrogens with one attached hydrogen (secondary N) is 1. The minimum atomic E-state index is 0.348. The van der Waals surface area contributed by atoms with Crippen molar-refractivity contribution in [3.8, 4) is 6.07 Å². The molecule has 0 aliphatic rings. The van der Waals surface area contributed by atoms with Crippen LogP contribution in [0.5, 0.6) is 0 Å². The Labute approximate surface area is 119 Å². The lowest BCUT2D eigenvalue weighted by atomic mass is 10.3. The van der Waals surface area contributed by atoms with E-state index in [0.717, 1.165) is 0 Å². The number of aromatic nitrogens is 1. The third-order valence-corrected chi connectivity index (χ3v) is 3.20. The molecule has 18 heavy (non-hydrogen) atoms. The van der Waals surface area contributed by atoms with Gasteiger partial charge < -0.3 is 5.32 Å². The third-order valence-electron chi connectivity index (χ3n) is 2.17. The van der Waals surface area contributed by atoms with E-state index < -0.39 is 0 Å². The van der Waals surface area contributed by atoms with Crippen molar-refractivity contribution in [3.05, 3.63) is 51.2 Å². The first kappa shape index (κ1) is 13.0. The summed E-state index contributed by atoms with van der Waals surface area (Å²) in [5.41, 5.74) is 1.67. The molecule has 0 radical (unpaired) electrons. The Hall–Kier alpha value is -1.47. The van der Waals surface area contributed by atoms with Crippen LogP contribution in [0.1, 0.15) is 5.69 Å². The molecule has 3 nitrogen and oxygen atoms in total. The minimum absolute atomic E-state index is 0.348. The first-order valence-corrected chi connectivity index (χ1v) is 6.01. The summed E-state index contributed by atoms with van der Waals surface area (Å²) >= 11 is 17.8. The summed E-state index contributed by atoms with van der Waals surface area (Å²) in [6, 6.07) is 8.46. The Morgan fingerprint density at radius 3 is 2.39 bits per heavy atom. The molecular formula is C12H6Cl3N3. The number of nitriles is 1. The zero-order chi connectivity index (χ0) is 13.1. The molecule has 0 saturated heterocycles. The van der Waals surface area contributed by atoms with E-state index in [1.165, 1.54) is 6.20 Å². The number of nitrogens with zero attached hydrogens (tertiary/aromatic N) is 2. The standard InChI is InChI=1S/C12H6Cl3N3/c13-9-3-11(15)12(4-10(9)14)18-8-2-1-7(5-16)17-6-8/h1-4,6,18H. The molecule has 0 amide bonds. The molecule has 0 saturated carbocycles. The number of benzene rings is 1. The quantitative estimate of drug-likeness (QED) is 0.820. The minimum Gasteiger partial charge on any atom is -0.353 e. The number of hydrogen-bond donors (Lipinski definition) is 1. The predicted molar refractivity (Wildman–Crippen MR) is 73.7 cm³/mol. The molecule has 0 bridgehead atoms. The maximum Gasteiger partial charge on any atom is 0.140 e. The van der Waals surface area contributed by atoms with Crippen molar-refractivity contribution in [3.63, 3.8) is 0 Å². The van der Waals surface area contributed by atoms with Crippen molar-refractivity contribution < 1.29 is 0 Å². The fourth-order valence-electron chi connectivity index (χ4n) is 1.31. The van der Waals surface area contributed by atoms with Crippen LogP contribution in [0.25, 0.3) is 0 Å². The van der Waals surface area contributed by atoms with Crippen molar-refractivity contribution >= 4 is 46.2 Å². The second kappa shape index (κ2) is 5.45. The smallest absolute Gasteiger partial charge is 0.140 e. The molecule has 0 atom stereocenters. The SMILES string of the molecule is N#Cc1ccc(Nc2cc(Cl)c(Cl)cc2Cl)cn1. The normalized spacial score (nSPS) is 9.89. The predicted octanol–water partition coefficient (Wildman–Crippen LogP) is 4.66. The summed E-state index contributed by atoms with van der Waals surface area (Å²) in [6.45, 7) is 0. The lowest BCUT2D eigenvalue weighted by Gasteiger charge is -2.09. The van der Waals surface area contributed by atoms with E-state index in [-0.39, 0.29) is 0 Å². The van der Waals surface area contributed by atoms with Gasteiger partial charge in [-0.15, -0.1) is 0 Å². The molecule has 0 spiro atoms. The highest BCUT2D eigenvalue weighted by Crippen LogP contribution is 2.33. The van der Waals surface area contributed by atoms with Gasteiger partial charge in [0.2, 0.25) is 0 Å². The highest BCUT2D eigenvalue weighted by atomic mass is 35.5. The van der Waals surface area contributed by atoms with E-state index in [0.29, 0.717) is 32.1 Å². The fraction of sp³-hybridized carbons (Fsp3) is 0. The van der Waals surface area contributed by atoms with Gasteiger partial charge in [0.05, 0.1) is 32.6 Å². The van der Waals surface area contributed by atoms with Gasteiger partial charge >= 0.3 is 0 Å². The van der Waals surface area contributed by atoms with Crippen LogP contribution in [0.15, 0.2) is 30.5 Å². The monoisotopic (exact) mass is 297 g/mol. The van der Waals surface area contributed by atoms with Crippen LogP contribution in [0.2, 0.25) is 15.1 Å². The number of hydrogen-bond acceptors (Lipinski definition) is 3. The van der Waals surface area contributed by atoms with E-state index in [9.17, 15) is 0 Å². The highest BCUT2D eigenvalue weighted by molar-refractivity contribution is 6.44. The van der Waals surface area contributed by atoms with Gasteiger partial charge in [0, 0.05) is 0 Å². The van der Waals surface area contributed by atoms with Crippen molar-refractivity contribution in [1.29, 1.82) is 5.26 Å². The fourth-order valence-corrected chi connectivity index (χ4v) is 1.90. The van der Waals surface area contributed by atoms with Crippen molar-refractivity contribution in [1.82, 2.24) is 4.98 Å². The van der Waals surface area contributed by atoms with Gasteiger partial charge in [-0.05, 0) is 24.3 Å². The summed E-state index contributed by atoms with van der Waals surface area (Å²) in [6.07, 6.45) is 1.54. The van der Waals surface area contributed by atoms with Crippen LogP contribution >= 0.6 is 34.8 Å². The van der Waals surface area contributed by atoms with E-state index in [1.807, 2.05) is 6.07 Å². The first-order valence-electron chi connectivity index (χ1n) is 4.88. The Morgan fingerprint density at radius 1 is 1.06 bits per heavy atom. The summed E-state index contributed by atoms with van der Waals surface area (Å²) in [5.74, 6) is 0. The van der Waals surface area contributed by atoms with Crippen molar-refractivity contribution in [2.75, 3.05) is 5.32 Å². The van der Waals surface area contributed by atoms with Crippen LogP contribution in [-0.2, 0) is 0 Å². The van der Waals surface area contributed by atoms with Gasteiger partial charge in [-0.2, -0.15) is 5.26 Å². The topological polar surface area (TPSA) is 48.7 Å². The Kier molecular flexibility index (Phi) is 3.93. The summed E-state index contributed by atoms with van der Waals surface area (Å²) in [4.78, 5) is 3.94. The average Bonchev–Trinajstić information content (AvgIpc) is 2.37. The largest absolute Gasteiger partial charge is 0.353 e. The number of halogens is 3. The van der Waals surface area contributed by atoms with E-state index in [4.69, 9.17) is 40.1 Å². The van der Waals surface area contributed by atoms with Crippen molar-refractivity contribution in [2.24, 2.45) is 0 Å². The molecule has 6 heteroatoms. The van der Waals surface area contributed by atoms with E-state index in [2.05, 4.69) is 10.3 Å². The summed E-state index contributed by atoms with van der Waals surface area (Å²) < 4.78 is 0. The molecular weight excluding hydrogens is 293 g/mol. The molecule has 1 heterocycles. The van der Waals surface area contributed by atoms with Gasteiger partial charge in [-0.25, -0.2) is 4.98 Å². The summed E-state index contributed by atoms with van der Waals surface area (Å²) in [5, 5.41) is 12.9. The van der Waals surface area contributed by atoms with Crippen LogP contribution in [-0.4, -0.2) is 4.98 Å². The van der Waals surface area contributed by atoms with Gasteiger partial charge in [0.15, 0.2) is 0 Å². The van der Waals surface area contributed by atoms with Gasteiger partial charge in [0.1, 0.15) is 11.8 Å². The van der Waals surface area contributed by atoms with Crippen LogP contribution in [0, 0.1) is 11.3 Å². The molecule has 0 aliphatic carbocycles. The molecule has 0 fully saturated rings. The van der Waals surface area contributed by atoms with Crippen LogP contribution < -0.4 is 5.32 Å². The average molecular weight is 299 g/mol. The van der Waals surface area contributed by atoms with Crippen LogP contribution in [0.3, 0.4) is 0 Å². The molecule has 1 aromatic carbocycles. The zero-order valence-electron chi connectivity index (χ0n) is 8.92. The molecule has 0 unspecified atom stereocenters. The van der Waals surface area contributed by atoms with E-state index >= 15 is 0 Å². The van der Waals surface area contributed by atoms with Gasteiger partial charge in [-0.1, -0.05) is 34.8 Å². The molecule has 90 valence electrons. The highest BCUT2D eigenvalue weighted by Gasteiger charge is 2.06. The third kappa shape index (κ3) is 2.85. The first-order chi connectivity index (χ1) is 8.60. The van der Waals surface area contributed by atoms with Crippen molar-refractivity contribution in [2.45, 2.75) is 0 Å². The number of pyridine rings is 1. The molecule has 2 rings (SSSR count). The zero-order valence-corrected chi connectivity index (χ0v) is 11.2. The Bertz CT molecular complexity index is 618.